The number of rotatable bonds is 5. The minimum atomic E-state index is -0.331. The third kappa shape index (κ3) is 4.51. The molecular weight excluding hydrogens is 312 g/mol. The van der Waals surface area contributed by atoms with Gasteiger partial charge >= 0.3 is 0 Å². The molecule has 0 atom stereocenters. The van der Waals surface area contributed by atoms with Crippen molar-refractivity contribution in [1.82, 2.24) is 15.6 Å². The molecule has 1 heterocycles. The largest absolute Gasteiger partial charge is 0.289 e. The van der Waals surface area contributed by atoms with Crippen molar-refractivity contribution in [2.45, 2.75) is 6.92 Å². The Balaban J connectivity index is 1.62. The van der Waals surface area contributed by atoms with E-state index in [4.69, 9.17) is 0 Å². The molecule has 1 aromatic heterocycles. The number of hydrogen-bond acceptors (Lipinski definition) is 3. The van der Waals surface area contributed by atoms with Crippen LogP contribution in [0.4, 0.5) is 0 Å². The van der Waals surface area contributed by atoms with Crippen LogP contribution in [0.5, 0.6) is 0 Å². The van der Waals surface area contributed by atoms with Gasteiger partial charge in [0.1, 0.15) is 5.69 Å². The van der Waals surface area contributed by atoms with E-state index in [-0.39, 0.29) is 5.91 Å². The number of benzene rings is 2. The zero-order chi connectivity index (χ0) is 17.5. The Morgan fingerprint density at radius 1 is 1.08 bits per heavy atom. The smallest absolute Gasteiger partial charge is 0.272 e. The van der Waals surface area contributed by atoms with E-state index in [1.54, 1.807) is 6.07 Å². The van der Waals surface area contributed by atoms with Crippen molar-refractivity contribution in [3.63, 3.8) is 0 Å². The van der Waals surface area contributed by atoms with E-state index in [0.717, 1.165) is 16.8 Å². The molecule has 5 heteroatoms. The standard InChI is InChI=1S/C20H18N4O/c1-15(12-13-16-8-4-2-5-9-16)21-24-20(25)19-14-18(22-23-19)17-10-6-3-7-11-17/h2-14H,1H3,(H,22,23)(H,24,25)/b13-12+,21-15+. The summed E-state index contributed by atoms with van der Waals surface area (Å²) in [6.07, 6.45) is 3.78. The normalized spacial score (nSPS) is 11.6. The van der Waals surface area contributed by atoms with Crippen LogP contribution in [0.2, 0.25) is 0 Å². The van der Waals surface area contributed by atoms with Gasteiger partial charge in [0.15, 0.2) is 0 Å². The van der Waals surface area contributed by atoms with Crippen LogP contribution in [0.3, 0.4) is 0 Å². The Kier molecular flexibility index (Phi) is 5.16. The maximum atomic E-state index is 12.2. The highest BCUT2D eigenvalue weighted by Gasteiger charge is 2.10. The molecule has 0 saturated heterocycles. The Morgan fingerprint density at radius 2 is 1.76 bits per heavy atom. The average Bonchev–Trinajstić information content (AvgIpc) is 3.16. The van der Waals surface area contributed by atoms with Gasteiger partial charge in [-0.2, -0.15) is 10.2 Å². The van der Waals surface area contributed by atoms with Crippen molar-refractivity contribution in [2.24, 2.45) is 5.10 Å². The third-order valence-corrected chi connectivity index (χ3v) is 3.54. The molecule has 0 aliphatic carbocycles. The van der Waals surface area contributed by atoms with Gasteiger partial charge in [-0.15, -0.1) is 0 Å². The van der Waals surface area contributed by atoms with E-state index in [1.807, 2.05) is 79.7 Å². The number of aromatic nitrogens is 2. The number of amides is 1. The monoisotopic (exact) mass is 330 g/mol. The van der Waals surface area contributed by atoms with E-state index in [0.29, 0.717) is 11.4 Å². The zero-order valence-corrected chi connectivity index (χ0v) is 13.8. The highest BCUT2D eigenvalue weighted by Crippen LogP contribution is 2.16. The fourth-order valence-electron chi connectivity index (χ4n) is 2.21. The molecule has 0 aliphatic heterocycles. The predicted octanol–water partition coefficient (Wildman–Crippen LogP) is 3.90. The Hall–Kier alpha value is -3.47. The first-order valence-corrected chi connectivity index (χ1v) is 7.91. The van der Waals surface area contributed by atoms with Gasteiger partial charge in [0.25, 0.3) is 5.91 Å². The van der Waals surface area contributed by atoms with Crippen LogP contribution in [0.1, 0.15) is 23.0 Å². The highest BCUT2D eigenvalue weighted by molar-refractivity contribution is 5.98. The van der Waals surface area contributed by atoms with Crippen molar-refractivity contribution in [1.29, 1.82) is 0 Å². The molecule has 0 saturated carbocycles. The fraction of sp³-hybridized carbons (Fsp3) is 0.0500. The summed E-state index contributed by atoms with van der Waals surface area (Å²) in [7, 11) is 0. The molecule has 2 N–H and O–H groups in total. The summed E-state index contributed by atoms with van der Waals surface area (Å²) >= 11 is 0. The number of hydrazone groups is 1. The molecule has 25 heavy (non-hydrogen) atoms. The van der Waals surface area contributed by atoms with Gasteiger partial charge in [0.05, 0.1) is 11.4 Å². The van der Waals surface area contributed by atoms with Crippen LogP contribution in [0.15, 0.2) is 77.9 Å². The second kappa shape index (κ2) is 7.88. The number of allylic oxidation sites excluding steroid dienone is 1. The van der Waals surface area contributed by atoms with Crippen LogP contribution < -0.4 is 5.43 Å². The van der Waals surface area contributed by atoms with Gasteiger partial charge in [-0.05, 0) is 24.6 Å². The summed E-state index contributed by atoms with van der Waals surface area (Å²) in [6, 6.07) is 21.3. The second-order valence-corrected chi connectivity index (χ2v) is 5.47. The van der Waals surface area contributed by atoms with Crippen LogP contribution >= 0.6 is 0 Å². The number of nitrogens with zero attached hydrogens (tertiary/aromatic N) is 2. The SMILES string of the molecule is CC(/C=C/c1ccccc1)=N\NC(=O)c1cc(-c2ccccc2)n[nH]1. The zero-order valence-electron chi connectivity index (χ0n) is 13.8. The number of hydrogen-bond donors (Lipinski definition) is 2. The van der Waals surface area contributed by atoms with Crippen LogP contribution in [-0.2, 0) is 0 Å². The number of carbonyl (C=O) groups is 1. The second-order valence-electron chi connectivity index (χ2n) is 5.47. The summed E-state index contributed by atoms with van der Waals surface area (Å²) < 4.78 is 0. The molecule has 0 radical (unpaired) electrons. The Bertz CT molecular complexity index is 896. The van der Waals surface area contributed by atoms with Crippen molar-refractivity contribution < 1.29 is 4.79 Å². The Morgan fingerprint density at radius 3 is 2.48 bits per heavy atom. The van der Waals surface area contributed by atoms with E-state index in [9.17, 15) is 4.79 Å². The molecule has 5 nitrogen and oxygen atoms in total. The summed E-state index contributed by atoms with van der Waals surface area (Å²) in [4.78, 5) is 12.2. The van der Waals surface area contributed by atoms with Crippen molar-refractivity contribution in [3.05, 3.63) is 84.1 Å². The lowest BCUT2D eigenvalue weighted by Gasteiger charge is -1.97. The van der Waals surface area contributed by atoms with Crippen molar-refractivity contribution >= 4 is 17.7 Å². The summed E-state index contributed by atoms with van der Waals surface area (Å²) in [5.41, 5.74) is 6.32. The van der Waals surface area contributed by atoms with Gasteiger partial charge in [0, 0.05) is 5.56 Å². The first kappa shape index (κ1) is 16.4. The molecule has 0 unspecified atom stereocenters. The van der Waals surface area contributed by atoms with E-state index >= 15 is 0 Å². The molecule has 0 spiro atoms. The van der Waals surface area contributed by atoms with E-state index in [1.165, 1.54) is 0 Å². The lowest BCUT2D eigenvalue weighted by Crippen LogP contribution is -2.19. The van der Waals surface area contributed by atoms with Gasteiger partial charge in [-0.3, -0.25) is 9.89 Å². The molecular formula is C20H18N4O. The summed E-state index contributed by atoms with van der Waals surface area (Å²) in [5, 5.41) is 11.0. The number of nitrogens with one attached hydrogen (secondary N) is 2. The van der Waals surface area contributed by atoms with E-state index < -0.39 is 0 Å². The summed E-state index contributed by atoms with van der Waals surface area (Å²) in [6.45, 7) is 1.82. The Labute approximate surface area is 146 Å². The molecule has 0 bridgehead atoms. The number of carbonyl (C=O) groups excluding carboxylic acids is 1. The first-order valence-electron chi connectivity index (χ1n) is 7.91. The fourth-order valence-corrected chi connectivity index (χ4v) is 2.21. The van der Waals surface area contributed by atoms with Gasteiger partial charge < -0.3 is 0 Å². The molecule has 2 aromatic carbocycles. The maximum absolute atomic E-state index is 12.2. The van der Waals surface area contributed by atoms with Crippen LogP contribution in [0, 0.1) is 0 Å². The predicted molar refractivity (Wildman–Crippen MR) is 100 cm³/mol. The molecule has 0 aliphatic rings. The maximum Gasteiger partial charge on any atom is 0.289 e. The number of H-pyrrole nitrogens is 1. The van der Waals surface area contributed by atoms with Gasteiger partial charge in [-0.1, -0.05) is 66.7 Å². The minimum Gasteiger partial charge on any atom is -0.272 e. The molecule has 124 valence electrons. The summed E-state index contributed by atoms with van der Waals surface area (Å²) in [5.74, 6) is -0.331. The topological polar surface area (TPSA) is 70.1 Å². The quantitative estimate of drug-likeness (QED) is 0.550. The molecule has 3 rings (SSSR count). The third-order valence-electron chi connectivity index (χ3n) is 3.54. The number of aromatic amines is 1. The molecule has 1 amide bonds. The van der Waals surface area contributed by atoms with E-state index in [2.05, 4.69) is 20.7 Å². The first-order chi connectivity index (χ1) is 12.2. The molecule has 3 aromatic rings. The average molecular weight is 330 g/mol. The van der Waals surface area contributed by atoms with Crippen molar-refractivity contribution in [3.8, 4) is 11.3 Å². The molecule has 0 fully saturated rings. The highest BCUT2D eigenvalue weighted by atomic mass is 16.2. The lowest BCUT2D eigenvalue weighted by molar-refractivity contribution is 0.0950. The van der Waals surface area contributed by atoms with Gasteiger partial charge in [-0.25, -0.2) is 5.43 Å². The van der Waals surface area contributed by atoms with Crippen LogP contribution in [0.25, 0.3) is 17.3 Å². The lowest BCUT2D eigenvalue weighted by atomic mass is 10.1. The van der Waals surface area contributed by atoms with Gasteiger partial charge in [0.2, 0.25) is 0 Å². The van der Waals surface area contributed by atoms with Crippen LogP contribution in [-0.4, -0.2) is 21.8 Å². The van der Waals surface area contributed by atoms with Crippen molar-refractivity contribution in [2.75, 3.05) is 0 Å². The minimum absolute atomic E-state index is 0.331.